The topological polar surface area (TPSA) is 8.17 Å². The number of para-hydroxylation sites is 2. The number of fused-ring (bicyclic) bond motifs is 7. The maximum Gasteiger partial charge on any atom is 0.0727 e. The zero-order valence-corrected chi connectivity index (χ0v) is 30.7. The Morgan fingerprint density at radius 1 is 0.364 bits per heavy atom. The molecule has 0 radical (unpaired) electrons. The Morgan fingerprint density at radius 3 is 1.64 bits per heavy atom. The first-order valence-electron chi connectivity index (χ1n) is 18.8. The molecule has 9 aromatic carbocycles. The van der Waals surface area contributed by atoms with E-state index < -0.39 is 0 Å². The van der Waals surface area contributed by atoms with Crippen molar-refractivity contribution in [2.75, 3.05) is 4.90 Å². The fraction of sp³-hybridized carbons (Fsp3) is 0. The average molecular weight is 719 g/mol. The van der Waals surface area contributed by atoms with Crippen molar-refractivity contribution in [1.82, 2.24) is 4.57 Å². The van der Waals surface area contributed by atoms with Gasteiger partial charge in [-0.15, -0.1) is 11.3 Å². The Bertz CT molecular complexity index is 3180. The number of rotatable bonds is 6. The maximum atomic E-state index is 2.43. The van der Waals surface area contributed by atoms with Crippen LogP contribution in [0.5, 0.6) is 0 Å². The number of nitrogens with zero attached hydrogens (tertiary/aromatic N) is 2. The molecule has 0 aliphatic heterocycles. The van der Waals surface area contributed by atoms with Gasteiger partial charge in [-0.1, -0.05) is 158 Å². The Hall–Kier alpha value is -6.94. The third-order valence-electron chi connectivity index (χ3n) is 11.0. The summed E-state index contributed by atoms with van der Waals surface area (Å²) >= 11 is 1.90. The monoisotopic (exact) mass is 718 g/mol. The van der Waals surface area contributed by atoms with E-state index in [4.69, 9.17) is 0 Å². The standard InChI is InChI=1S/C52H34N2S/c1-2-17-39(18-3-1)54-49-25-9-8-21-46(49)52-50(54)47-24-12-23-45(51(47)55-52)38-29-33-41(34-30-38)53(48-26-11-16-36-14-5-7-20-44(36)48)40-31-27-37(28-32-40)43-22-10-15-35-13-4-6-19-42(35)43/h1-34H. The van der Waals surface area contributed by atoms with Gasteiger partial charge in [-0.3, -0.25) is 0 Å². The molecule has 0 unspecified atom stereocenters. The molecule has 258 valence electrons. The van der Waals surface area contributed by atoms with Gasteiger partial charge in [0.2, 0.25) is 0 Å². The quantitative estimate of drug-likeness (QED) is 0.166. The van der Waals surface area contributed by atoms with E-state index in [2.05, 4.69) is 216 Å². The van der Waals surface area contributed by atoms with Crippen molar-refractivity contribution >= 4 is 81.1 Å². The van der Waals surface area contributed by atoms with Gasteiger partial charge < -0.3 is 9.47 Å². The summed E-state index contributed by atoms with van der Waals surface area (Å²) in [6.07, 6.45) is 0. The second-order valence-electron chi connectivity index (χ2n) is 14.1. The van der Waals surface area contributed by atoms with Gasteiger partial charge in [-0.05, 0) is 86.9 Å². The van der Waals surface area contributed by atoms with Gasteiger partial charge in [-0.25, -0.2) is 0 Å². The molecule has 2 nitrogen and oxygen atoms in total. The second kappa shape index (κ2) is 12.9. The van der Waals surface area contributed by atoms with Crippen LogP contribution >= 0.6 is 11.3 Å². The molecule has 0 amide bonds. The van der Waals surface area contributed by atoms with Crippen LogP contribution in [0.15, 0.2) is 206 Å². The predicted molar refractivity (Wildman–Crippen MR) is 237 cm³/mol. The molecule has 0 aliphatic rings. The molecule has 11 rings (SSSR count). The number of aromatic nitrogens is 1. The smallest absolute Gasteiger partial charge is 0.0727 e. The zero-order chi connectivity index (χ0) is 36.3. The SMILES string of the molecule is c1ccc(-n2c3ccccc3c3sc4c(-c5ccc(N(c6ccc(-c7cccc8ccccc78)cc6)c6cccc7ccccc67)cc5)cccc4c32)cc1. The highest BCUT2D eigenvalue weighted by Gasteiger charge is 2.20. The van der Waals surface area contributed by atoms with Crippen molar-refractivity contribution < 1.29 is 0 Å². The van der Waals surface area contributed by atoms with E-state index in [-0.39, 0.29) is 0 Å². The molecule has 0 saturated heterocycles. The maximum absolute atomic E-state index is 2.43. The average Bonchev–Trinajstić information content (AvgIpc) is 3.80. The third kappa shape index (κ3) is 5.16. The summed E-state index contributed by atoms with van der Waals surface area (Å²) in [4.78, 5) is 2.40. The van der Waals surface area contributed by atoms with Gasteiger partial charge in [0.15, 0.2) is 0 Å². The molecule has 2 heterocycles. The minimum absolute atomic E-state index is 1.11. The van der Waals surface area contributed by atoms with Gasteiger partial charge >= 0.3 is 0 Å². The number of benzene rings is 9. The first kappa shape index (κ1) is 31.6. The molecule has 55 heavy (non-hydrogen) atoms. The first-order valence-corrected chi connectivity index (χ1v) is 19.6. The van der Waals surface area contributed by atoms with Crippen molar-refractivity contribution in [3.63, 3.8) is 0 Å². The van der Waals surface area contributed by atoms with Crippen LogP contribution in [0.3, 0.4) is 0 Å². The summed E-state index contributed by atoms with van der Waals surface area (Å²) in [6, 6.07) is 74.9. The minimum atomic E-state index is 1.11. The molecular formula is C52H34N2S. The Balaban J connectivity index is 1.04. The van der Waals surface area contributed by atoms with E-state index in [0.717, 1.165) is 17.1 Å². The molecule has 0 atom stereocenters. The lowest BCUT2D eigenvalue weighted by Gasteiger charge is -2.27. The van der Waals surface area contributed by atoms with Crippen LogP contribution in [-0.2, 0) is 0 Å². The van der Waals surface area contributed by atoms with Gasteiger partial charge in [0.1, 0.15) is 0 Å². The van der Waals surface area contributed by atoms with Gasteiger partial charge in [-0.2, -0.15) is 0 Å². The number of thiophene rings is 1. The van der Waals surface area contributed by atoms with Gasteiger partial charge in [0.25, 0.3) is 0 Å². The molecule has 0 spiro atoms. The van der Waals surface area contributed by atoms with Crippen LogP contribution in [0.4, 0.5) is 17.1 Å². The van der Waals surface area contributed by atoms with E-state index in [1.54, 1.807) is 0 Å². The Kier molecular flexibility index (Phi) is 7.39. The molecule has 2 aromatic heterocycles. The van der Waals surface area contributed by atoms with Crippen molar-refractivity contribution in [2.45, 2.75) is 0 Å². The van der Waals surface area contributed by atoms with E-state index >= 15 is 0 Å². The summed E-state index contributed by atoms with van der Waals surface area (Å²) in [5.74, 6) is 0. The van der Waals surface area contributed by atoms with E-state index in [9.17, 15) is 0 Å². The van der Waals surface area contributed by atoms with Gasteiger partial charge in [0, 0.05) is 37.9 Å². The summed E-state index contributed by atoms with van der Waals surface area (Å²) in [6.45, 7) is 0. The van der Waals surface area contributed by atoms with Gasteiger partial charge in [0.05, 0.1) is 21.4 Å². The normalized spacial score (nSPS) is 11.6. The van der Waals surface area contributed by atoms with Crippen LogP contribution < -0.4 is 4.90 Å². The summed E-state index contributed by atoms with van der Waals surface area (Å²) in [5, 5.41) is 7.53. The first-order chi connectivity index (χ1) is 27.3. The number of hydrogen-bond donors (Lipinski definition) is 0. The van der Waals surface area contributed by atoms with Crippen LogP contribution in [0, 0.1) is 0 Å². The molecule has 0 fully saturated rings. The number of hydrogen-bond acceptors (Lipinski definition) is 2. The van der Waals surface area contributed by atoms with E-state index in [1.165, 1.54) is 80.7 Å². The molecule has 0 aliphatic carbocycles. The summed E-state index contributed by atoms with van der Waals surface area (Å²) < 4.78 is 5.07. The van der Waals surface area contributed by atoms with E-state index in [0.29, 0.717) is 0 Å². The molecule has 3 heteroatoms. The lowest BCUT2D eigenvalue weighted by atomic mass is 9.98. The van der Waals surface area contributed by atoms with Crippen LogP contribution in [0.1, 0.15) is 0 Å². The lowest BCUT2D eigenvalue weighted by Crippen LogP contribution is -2.10. The highest BCUT2D eigenvalue weighted by Crippen LogP contribution is 2.46. The van der Waals surface area contributed by atoms with E-state index in [1.807, 2.05) is 11.3 Å². The highest BCUT2D eigenvalue weighted by molar-refractivity contribution is 7.27. The zero-order valence-electron chi connectivity index (χ0n) is 29.9. The number of anilines is 3. The van der Waals surface area contributed by atoms with Crippen molar-refractivity contribution in [3.05, 3.63) is 206 Å². The lowest BCUT2D eigenvalue weighted by molar-refractivity contribution is 1.19. The van der Waals surface area contributed by atoms with Crippen molar-refractivity contribution in [2.24, 2.45) is 0 Å². The Morgan fingerprint density at radius 2 is 0.891 bits per heavy atom. The highest BCUT2D eigenvalue weighted by atomic mass is 32.1. The van der Waals surface area contributed by atoms with Crippen molar-refractivity contribution in [1.29, 1.82) is 0 Å². The second-order valence-corrected chi connectivity index (χ2v) is 15.1. The molecule has 0 N–H and O–H groups in total. The van der Waals surface area contributed by atoms with Crippen LogP contribution in [0.25, 0.3) is 80.7 Å². The molecule has 0 bridgehead atoms. The van der Waals surface area contributed by atoms with Crippen LogP contribution in [0.2, 0.25) is 0 Å². The molecule has 0 saturated carbocycles. The predicted octanol–water partition coefficient (Wildman–Crippen LogP) is 15.1. The van der Waals surface area contributed by atoms with Crippen molar-refractivity contribution in [3.8, 4) is 27.9 Å². The third-order valence-corrected chi connectivity index (χ3v) is 12.2. The Labute approximate surface area is 323 Å². The largest absolute Gasteiger partial charge is 0.310 e. The fourth-order valence-electron chi connectivity index (χ4n) is 8.45. The minimum Gasteiger partial charge on any atom is -0.310 e. The molecule has 11 aromatic rings. The molecular weight excluding hydrogens is 685 g/mol. The van der Waals surface area contributed by atoms with Crippen LogP contribution in [-0.4, -0.2) is 4.57 Å². The summed E-state index contributed by atoms with van der Waals surface area (Å²) in [7, 11) is 0. The summed E-state index contributed by atoms with van der Waals surface area (Å²) in [5.41, 5.74) is 12.0. The fourth-order valence-corrected chi connectivity index (χ4v) is 9.81.